The number of aliphatic hydroxyl groups excluding tert-OH is 2. The summed E-state index contributed by atoms with van der Waals surface area (Å²) in [6.45, 7) is 0.000919. The van der Waals surface area contributed by atoms with Gasteiger partial charge in [0.05, 0.1) is 12.9 Å². The zero-order chi connectivity index (χ0) is 28.4. The smallest absolute Gasteiger partial charge is 0.340 e. The van der Waals surface area contributed by atoms with Crippen LogP contribution in [0, 0.1) is 0 Å². The molecule has 3 aromatic rings. The van der Waals surface area contributed by atoms with Crippen molar-refractivity contribution in [3.8, 4) is 0 Å². The predicted molar refractivity (Wildman–Crippen MR) is 143 cm³/mol. The van der Waals surface area contributed by atoms with Gasteiger partial charge in [0.15, 0.2) is 29.1 Å². The maximum atomic E-state index is 12.0. The number of hydrogen-bond acceptors (Lipinski definition) is 10. The van der Waals surface area contributed by atoms with E-state index in [0.29, 0.717) is 17.9 Å². The van der Waals surface area contributed by atoms with Crippen LogP contribution in [0.3, 0.4) is 0 Å². The van der Waals surface area contributed by atoms with E-state index in [1.54, 1.807) is 0 Å². The number of aromatic nitrogens is 4. The summed E-state index contributed by atoms with van der Waals surface area (Å²) in [5, 5.41) is 21.3. The molecule has 5 atom stereocenters. The van der Waals surface area contributed by atoms with Crippen molar-refractivity contribution in [3.63, 3.8) is 0 Å². The molecular formula is C23H28ClN5O9P2. The number of ether oxygens (including phenoxy) is 1. The van der Waals surface area contributed by atoms with Gasteiger partial charge in [-0.1, -0.05) is 31.0 Å². The molecule has 0 amide bonds. The highest BCUT2D eigenvalue weighted by atomic mass is 35.5. The van der Waals surface area contributed by atoms with Crippen molar-refractivity contribution in [2.45, 2.75) is 55.6 Å². The average Bonchev–Trinajstić information content (AvgIpc) is 3.64. The molecule has 40 heavy (non-hydrogen) atoms. The largest absolute Gasteiger partial charge is 0.387 e. The topological polar surface area (TPSA) is 201 Å². The molecule has 0 radical (unpaired) electrons. The zero-order valence-electron chi connectivity index (χ0n) is 21.0. The van der Waals surface area contributed by atoms with Gasteiger partial charge in [0.2, 0.25) is 5.28 Å². The molecule has 1 saturated carbocycles. The Labute approximate surface area is 233 Å². The Hall–Kier alpha value is -1.96. The van der Waals surface area contributed by atoms with Crippen LogP contribution >= 0.6 is 26.8 Å². The maximum absolute atomic E-state index is 12.0. The van der Waals surface area contributed by atoms with Gasteiger partial charge < -0.3 is 39.1 Å². The molecular weight excluding hydrogens is 588 g/mol. The number of fused-ring (bicyclic) bond motifs is 3. The minimum absolute atomic E-state index is 0.0108. The molecule has 1 aliphatic carbocycles. The summed E-state index contributed by atoms with van der Waals surface area (Å²) in [4.78, 5) is 43.2. The molecule has 2 aliphatic heterocycles. The highest BCUT2D eigenvalue weighted by molar-refractivity contribution is 7.70. The lowest BCUT2D eigenvalue weighted by molar-refractivity contribution is -0.0483. The second-order valence-electron chi connectivity index (χ2n) is 10.5. The standard InChI is InChI=1S/C23H28ClN5O9P2/c24-22-26-19(28-10-23(7-3-4-8-23)13-5-1-2-6-14(13)28)16-20(27-22)29(11-25-16)21-18(31)17(30)15(38-21)9-37-40(35,36)12-39(32,33)34/h1-2,5-6,11,15,17-18,21,30-31H,3-4,7-10,12H2,(H,35,36)(H2,32,33,34)/t15-,17?,18+,21-/m1/s1. The number of rotatable bonds is 7. The first-order chi connectivity index (χ1) is 18.9. The molecule has 4 heterocycles. The molecule has 2 aromatic heterocycles. The quantitative estimate of drug-likeness (QED) is 0.192. The van der Waals surface area contributed by atoms with Crippen LogP contribution in [0.2, 0.25) is 5.28 Å². The van der Waals surface area contributed by atoms with E-state index in [4.69, 9.17) is 30.6 Å². The van der Waals surface area contributed by atoms with Gasteiger partial charge in [0, 0.05) is 17.6 Å². The Morgan fingerprint density at radius 1 is 1.10 bits per heavy atom. The second-order valence-corrected chi connectivity index (χ2v) is 14.8. The van der Waals surface area contributed by atoms with Gasteiger partial charge in [-0.3, -0.25) is 13.7 Å². The molecule has 14 nitrogen and oxygen atoms in total. The van der Waals surface area contributed by atoms with E-state index < -0.39 is 52.2 Å². The maximum Gasteiger partial charge on any atom is 0.340 e. The minimum atomic E-state index is -4.84. The summed E-state index contributed by atoms with van der Waals surface area (Å²) in [5.41, 5.74) is 2.93. The SMILES string of the molecule is O=P(O)(O)CP(=O)(O)OC[C@H]1O[C@@H](n2cnc3c(N4CC5(CCCC5)c5ccccc54)nc(Cl)nc32)[C@@H](O)C1O. The van der Waals surface area contributed by atoms with Crippen LogP contribution in [-0.2, 0) is 23.8 Å². The zero-order valence-corrected chi connectivity index (χ0v) is 23.6. The molecule has 1 saturated heterocycles. The Morgan fingerprint density at radius 3 is 2.55 bits per heavy atom. The van der Waals surface area contributed by atoms with Gasteiger partial charge in [0.1, 0.15) is 18.3 Å². The van der Waals surface area contributed by atoms with Crippen molar-refractivity contribution < 1.29 is 43.3 Å². The summed E-state index contributed by atoms with van der Waals surface area (Å²) in [7, 11) is -9.53. The molecule has 0 bridgehead atoms. The lowest BCUT2D eigenvalue weighted by atomic mass is 9.81. The summed E-state index contributed by atoms with van der Waals surface area (Å²) in [6.07, 6.45) is 0.210. The number of benzene rings is 1. The Morgan fingerprint density at radius 2 is 1.82 bits per heavy atom. The van der Waals surface area contributed by atoms with E-state index in [1.807, 2.05) is 18.2 Å². The first-order valence-corrected chi connectivity index (χ1v) is 16.6. The van der Waals surface area contributed by atoms with Gasteiger partial charge in [-0.25, -0.2) is 4.98 Å². The molecule has 5 N–H and O–H groups in total. The van der Waals surface area contributed by atoms with Crippen LogP contribution in [-0.4, -0.2) is 81.8 Å². The van der Waals surface area contributed by atoms with Crippen LogP contribution < -0.4 is 4.90 Å². The first kappa shape index (κ1) is 28.2. The Kier molecular flexibility index (Phi) is 7.11. The lowest BCUT2D eigenvalue weighted by Gasteiger charge is -2.25. The fourth-order valence-electron chi connectivity index (χ4n) is 6.11. The first-order valence-electron chi connectivity index (χ1n) is 12.7. The molecule has 1 spiro atoms. The number of aliphatic hydroxyl groups is 2. The predicted octanol–water partition coefficient (Wildman–Crippen LogP) is 2.40. The highest BCUT2D eigenvalue weighted by Crippen LogP contribution is 2.56. The van der Waals surface area contributed by atoms with Crippen molar-refractivity contribution in [3.05, 3.63) is 41.4 Å². The monoisotopic (exact) mass is 615 g/mol. The Balaban J connectivity index is 1.30. The molecule has 2 unspecified atom stereocenters. The van der Waals surface area contributed by atoms with Crippen molar-refractivity contribution in [2.24, 2.45) is 0 Å². The van der Waals surface area contributed by atoms with Crippen LogP contribution in [0.15, 0.2) is 30.6 Å². The van der Waals surface area contributed by atoms with E-state index in [9.17, 15) is 24.2 Å². The normalized spacial score (nSPS) is 27.5. The van der Waals surface area contributed by atoms with Crippen LogP contribution in [0.25, 0.3) is 11.2 Å². The van der Waals surface area contributed by atoms with E-state index in [2.05, 4.69) is 25.9 Å². The third-order valence-corrected chi connectivity index (χ3v) is 11.5. The van der Waals surface area contributed by atoms with Crippen molar-refractivity contribution in [1.29, 1.82) is 0 Å². The van der Waals surface area contributed by atoms with Crippen molar-refractivity contribution >= 4 is 49.5 Å². The third kappa shape index (κ3) is 5.00. The third-order valence-electron chi connectivity index (χ3n) is 7.83. The number of para-hydroxylation sites is 1. The van der Waals surface area contributed by atoms with E-state index in [0.717, 1.165) is 31.4 Å². The van der Waals surface area contributed by atoms with Gasteiger partial charge in [0.25, 0.3) is 0 Å². The summed E-state index contributed by atoms with van der Waals surface area (Å²) < 4.78 is 35.1. The number of halogens is 1. The van der Waals surface area contributed by atoms with Crippen molar-refractivity contribution in [2.75, 3.05) is 24.0 Å². The number of nitrogens with zero attached hydrogens (tertiary/aromatic N) is 5. The van der Waals surface area contributed by atoms with E-state index >= 15 is 0 Å². The minimum Gasteiger partial charge on any atom is -0.387 e. The van der Waals surface area contributed by atoms with Gasteiger partial charge in [-0.15, -0.1) is 0 Å². The van der Waals surface area contributed by atoms with E-state index in [-0.39, 0.29) is 16.3 Å². The molecule has 2 fully saturated rings. The van der Waals surface area contributed by atoms with Gasteiger partial charge >= 0.3 is 15.2 Å². The fourth-order valence-corrected chi connectivity index (χ4v) is 8.84. The molecule has 17 heteroatoms. The van der Waals surface area contributed by atoms with Crippen molar-refractivity contribution in [1.82, 2.24) is 19.5 Å². The van der Waals surface area contributed by atoms with Crippen LogP contribution in [0.5, 0.6) is 0 Å². The summed E-state index contributed by atoms with van der Waals surface area (Å²) >= 11 is 6.38. The average molecular weight is 616 g/mol. The fraction of sp³-hybridized carbons (Fsp3) is 0.522. The molecule has 1 aromatic carbocycles. The number of imidazole rings is 1. The highest BCUT2D eigenvalue weighted by Gasteiger charge is 2.47. The lowest BCUT2D eigenvalue weighted by Crippen LogP contribution is -2.33. The summed E-state index contributed by atoms with van der Waals surface area (Å²) in [6, 6.07) is 8.19. The molecule has 3 aliphatic rings. The molecule has 216 valence electrons. The van der Waals surface area contributed by atoms with Gasteiger partial charge in [-0.2, -0.15) is 9.97 Å². The van der Waals surface area contributed by atoms with E-state index in [1.165, 1.54) is 16.5 Å². The summed E-state index contributed by atoms with van der Waals surface area (Å²) in [5.74, 6) is -0.892. The molecule has 6 rings (SSSR count). The van der Waals surface area contributed by atoms with Gasteiger partial charge in [-0.05, 0) is 36.1 Å². The van der Waals surface area contributed by atoms with Crippen LogP contribution in [0.4, 0.5) is 11.5 Å². The van der Waals surface area contributed by atoms with Crippen LogP contribution in [0.1, 0.15) is 37.5 Å². The second kappa shape index (κ2) is 10.1. The number of anilines is 2. The number of hydrogen-bond donors (Lipinski definition) is 5. The Bertz CT molecular complexity index is 1540.